The molecule has 0 aliphatic rings. The van der Waals surface area contributed by atoms with Crippen LogP contribution in [0.25, 0.3) is 0 Å². The number of carbonyl (C=O) groups is 3. The predicted octanol–water partition coefficient (Wildman–Crippen LogP) is 3.22. The highest BCUT2D eigenvalue weighted by Crippen LogP contribution is 2.12. The number of carbonyl (C=O) groups excluding carboxylic acids is 2. The summed E-state index contributed by atoms with van der Waals surface area (Å²) in [6.45, 7) is 5.41. The molecule has 26 heavy (non-hydrogen) atoms. The maximum absolute atomic E-state index is 12.0. The lowest BCUT2D eigenvalue weighted by Gasteiger charge is -2.18. The van der Waals surface area contributed by atoms with E-state index in [1.165, 1.54) is 6.92 Å². The number of carboxylic acid groups (broad SMARTS) is 1. The molecule has 0 saturated carbocycles. The Bertz CT molecular complexity index is 422. The first-order valence-electron chi connectivity index (χ1n) is 9.65. The third kappa shape index (κ3) is 11.1. The zero-order chi connectivity index (χ0) is 19.9. The van der Waals surface area contributed by atoms with Crippen molar-refractivity contribution >= 4 is 17.9 Å². The minimum atomic E-state index is -1.29. The molecule has 0 aliphatic heterocycles. The highest BCUT2D eigenvalue weighted by molar-refractivity contribution is 5.83. The lowest BCUT2D eigenvalue weighted by atomic mass is 10.1. The Kier molecular flexibility index (Phi) is 13.6. The van der Waals surface area contributed by atoms with Gasteiger partial charge >= 0.3 is 17.9 Å². The van der Waals surface area contributed by atoms with Crippen molar-refractivity contribution in [3.63, 3.8) is 0 Å². The fourth-order valence-corrected chi connectivity index (χ4v) is 2.41. The number of rotatable bonds is 15. The van der Waals surface area contributed by atoms with Gasteiger partial charge in [0.2, 0.25) is 0 Å². The van der Waals surface area contributed by atoms with Gasteiger partial charge in [-0.3, -0.25) is 0 Å². The van der Waals surface area contributed by atoms with Crippen LogP contribution in [0.5, 0.6) is 0 Å². The third-order valence-corrected chi connectivity index (χ3v) is 4.08. The Hall–Kier alpha value is -1.63. The fourth-order valence-electron chi connectivity index (χ4n) is 2.41. The van der Waals surface area contributed by atoms with E-state index in [1.807, 2.05) is 6.92 Å². The molecule has 0 fully saturated rings. The van der Waals surface area contributed by atoms with Crippen LogP contribution < -0.4 is 0 Å². The van der Waals surface area contributed by atoms with Crippen molar-refractivity contribution in [3.05, 3.63) is 0 Å². The molecule has 0 rings (SSSR count). The maximum Gasteiger partial charge on any atom is 0.348 e. The summed E-state index contributed by atoms with van der Waals surface area (Å²) in [5.41, 5.74) is 0. The fraction of sp³-hybridized carbons (Fsp3) is 0.842. The molecule has 0 aliphatic carbocycles. The number of aliphatic hydroxyl groups is 1. The Labute approximate surface area is 156 Å². The Morgan fingerprint density at radius 3 is 1.85 bits per heavy atom. The van der Waals surface area contributed by atoms with E-state index in [0.717, 1.165) is 38.5 Å². The van der Waals surface area contributed by atoms with Crippen LogP contribution in [0, 0.1) is 0 Å². The normalized spacial score (nSPS) is 14.3. The summed E-state index contributed by atoms with van der Waals surface area (Å²) >= 11 is 0. The van der Waals surface area contributed by atoms with Crippen LogP contribution in [-0.2, 0) is 23.9 Å². The van der Waals surface area contributed by atoms with E-state index >= 15 is 0 Å². The van der Waals surface area contributed by atoms with Gasteiger partial charge in [-0.15, -0.1) is 0 Å². The molecular weight excluding hydrogens is 340 g/mol. The van der Waals surface area contributed by atoms with Crippen LogP contribution in [0.3, 0.4) is 0 Å². The molecular formula is C19H34O7. The van der Waals surface area contributed by atoms with Crippen molar-refractivity contribution in [1.82, 2.24) is 0 Å². The number of aliphatic carboxylic acids is 1. The predicted molar refractivity (Wildman–Crippen MR) is 96.6 cm³/mol. The molecule has 0 saturated heterocycles. The highest BCUT2D eigenvalue weighted by Gasteiger charge is 2.28. The van der Waals surface area contributed by atoms with Gasteiger partial charge in [0.25, 0.3) is 0 Å². The lowest BCUT2D eigenvalue weighted by Crippen LogP contribution is -2.36. The van der Waals surface area contributed by atoms with Crippen LogP contribution >= 0.6 is 0 Å². The Morgan fingerprint density at radius 1 is 0.808 bits per heavy atom. The average molecular weight is 374 g/mol. The van der Waals surface area contributed by atoms with Crippen molar-refractivity contribution in [2.75, 3.05) is 0 Å². The summed E-state index contributed by atoms with van der Waals surface area (Å²) in [7, 11) is 0. The van der Waals surface area contributed by atoms with Crippen molar-refractivity contribution in [1.29, 1.82) is 0 Å². The van der Waals surface area contributed by atoms with E-state index < -0.39 is 36.2 Å². The van der Waals surface area contributed by atoms with E-state index in [0.29, 0.717) is 12.8 Å². The van der Waals surface area contributed by atoms with Crippen molar-refractivity contribution < 1.29 is 34.1 Å². The third-order valence-electron chi connectivity index (χ3n) is 4.08. The first-order chi connectivity index (χ1) is 12.3. The van der Waals surface area contributed by atoms with E-state index in [1.54, 1.807) is 0 Å². The number of esters is 2. The van der Waals surface area contributed by atoms with Gasteiger partial charge in [0.1, 0.15) is 0 Å². The second kappa shape index (κ2) is 14.5. The van der Waals surface area contributed by atoms with Gasteiger partial charge in [0.15, 0.2) is 18.3 Å². The molecule has 0 radical (unpaired) electrons. The van der Waals surface area contributed by atoms with Gasteiger partial charge in [0, 0.05) is 0 Å². The molecule has 0 aromatic carbocycles. The summed E-state index contributed by atoms with van der Waals surface area (Å²) in [5, 5.41) is 18.9. The van der Waals surface area contributed by atoms with E-state index in [-0.39, 0.29) is 12.8 Å². The standard InChI is InChI=1S/C19H34O7/c1-4-6-8-10-12-15(20)19(24)25-14(3)18(23)26-16(17(21)22)13-11-9-7-5-2/h14-16,20H,4-13H2,1-3H3,(H,21,22). The SMILES string of the molecule is CCCCCCC(O)C(=O)OC(C)C(=O)OC(CCCCCC)C(=O)O. The summed E-state index contributed by atoms with van der Waals surface area (Å²) < 4.78 is 9.85. The average Bonchev–Trinajstić information content (AvgIpc) is 2.60. The van der Waals surface area contributed by atoms with Crippen LogP contribution in [0.4, 0.5) is 0 Å². The molecule has 0 aromatic rings. The smallest absolute Gasteiger partial charge is 0.348 e. The molecule has 0 heterocycles. The number of hydrogen-bond donors (Lipinski definition) is 2. The van der Waals surface area contributed by atoms with Crippen LogP contribution in [-0.4, -0.2) is 46.4 Å². The molecule has 3 atom stereocenters. The summed E-state index contributed by atoms with van der Waals surface area (Å²) in [6, 6.07) is 0. The van der Waals surface area contributed by atoms with E-state index in [9.17, 15) is 19.5 Å². The van der Waals surface area contributed by atoms with Gasteiger partial charge in [-0.1, -0.05) is 58.8 Å². The van der Waals surface area contributed by atoms with Gasteiger partial charge < -0.3 is 19.7 Å². The summed E-state index contributed by atoms with van der Waals surface area (Å²) in [5.74, 6) is -3.02. The zero-order valence-electron chi connectivity index (χ0n) is 16.2. The monoisotopic (exact) mass is 374 g/mol. The van der Waals surface area contributed by atoms with Crippen LogP contribution in [0.1, 0.15) is 85.0 Å². The van der Waals surface area contributed by atoms with E-state index in [2.05, 4.69) is 6.92 Å². The quantitative estimate of drug-likeness (QED) is 0.334. The van der Waals surface area contributed by atoms with Crippen molar-refractivity contribution in [2.24, 2.45) is 0 Å². The van der Waals surface area contributed by atoms with Crippen LogP contribution in [0.15, 0.2) is 0 Å². The largest absolute Gasteiger partial charge is 0.479 e. The number of hydrogen-bond acceptors (Lipinski definition) is 6. The molecule has 7 nitrogen and oxygen atoms in total. The molecule has 3 unspecified atom stereocenters. The topological polar surface area (TPSA) is 110 Å². The first-order valence-corrected chi connectivity index (χ1v) is 9.65. The second-order valence-corrected chi connectivity index (χ2v) is 6.56. The summed E-state index contributed by atoms with van der Waals surface area (Å²) in [4.78, 5) is 34.9. The van der Waals surface area contributed by atoms with Gasteiger partial charge in [-0.25, -0.2) is 14.4 Å². The lowest BCUT2D eigenvalue weighted by molar-refractivity contribution is -0.179. The molecule has 0 spiro atoms. The molecule has 0 bridgehead atoms. The number of ether oxygens (including phenoxy) is 2. The molecule has 2 N–H and O–H groups in total. The first kappa shape index (κ1) is 24.4. The van der Waals surface area contributed by atoms with Crippen molar-refractivity contribution in [3.8, 4) is 0 Å². The minimum absolute atomic E-state index is 0.224. The van der Waals surface area contributed by atoms with Crippen LogP contribution in [0.2, 0.25) is 0 Å². The number of aliphatic hydroxyl groups excluding tert-OH is 1. The maximum atomic E-state index is 12.0. The Morgan fingerprint density at radius 2 is 1.35 bits per heavy atom. The van der Waals surface area contributed by atoms with Gasteiger partial charge in [-0.2, -0.15) is 0 Å². The van der Waals surface area contributed by atoms with Gasteiger partial charge in [0.05, 0.1) is 0 Å². The van der Waals surface area contributed by atoms with Gasteiger partial charge in [-0.05, 0) is 26.2 Å². The summed E-state index contributed by atoms with van der Waals surface area (Å²) in [6.07, 6.45) is 3.91. The Balaban J connectivity index is 4.32. The van der Waals surface area contributed by atoms with E-state index in [4.69, 9.17) is 14.6 Å². The number of carboxylic acids is 1. The number of unbranched alkanes of at least 4 members (excludes halogenated alkanes) is 6. The zero-order valence-corrected chi connectivity index (χ0v) is 16.2. The molecule has 0 amide bonds. The molecule has 0 aromatic heterocycles. The highest BCUT2D eigenvalue weighted by atomic mass is 16.6. The minimum Gasteiger partial charge on any atom is -0.479 e. The van der Waals surface area contributed by atoms with Crippen molar-refractivity contribution in [2.45, 2.75) is 103 Å². The molecule has 7 heteroatoms. The second-order valence-electron chi connectivity index (χ2n) is 6.56. The molecule has 152 valence electrons.